The predicted molar refractivity (Wildman–Crippen MR) is 60.4 cm³/mol. The average molecular weight is 317 g/mol. The number of rotatable bonds is 5. The molecule has 0 radical (unpaired) electrons. The molecule has 2 atom stereocenters. The minimum Gasteiger partial charge on any atom is -0.252 e. The molecule has 0 saturated heterocycles. The summed E-state index contributed by atoms with van der Waals surface area (Å²) in [5, 5.41) is 0. The van der Waals surface area contributed by atoms with E-state index < -0.39 is 30.2 Å². The molecule has 0 heterocycles. The highest BCUT2D eigenvalue weighted by atomic mass is 32.2. The first-order valence-electron chi connectivity index (χ1n) is 4.74. The Hall–Kier alpha value is -1.18. The van der Waals surface area contributed by atoms with Gasteiger partial charge in [0.2, 0.25) is 0 Å². The van der Waals surface area contributed by atoms with Crippen LogP contribution in [0, 0.1) is 0 Å². The van der Waals surface area contributed by atoms with E-state index in [2.05, 4.69) is 8.71 Å². The quantitative estimate of drug-likeness (QED) is 0.617. The van der Waals surface area contributed by atoms with Crippen molar-refractivity contribution < 1.29 is 34.9 Å². The molecule has 0 N–H and O–H groups in total. The van der Waals surface area contributed by atoms with E-state index in [0.717, 1.165) is 0 Å². The Kier molecular flexibility index (Phi) is 4.89. The third-order valence-corrected chi connectivity index (χ3v) is 3.53. The van der Waals surface area contributed by atoms with Crippen molar-refractivity contribution in [2.75, 3.05) is 6.26 Å². The second kappa shape index (κ2) is 5.85. The van der Waals surface area contributed by atoms with Crippen molar-refractivity contribution in [1.29, 1.82) is 0 Å². The lowest BCUT2D eigenvalue weighted by molar-refractivity contribution is -0.169. The topological polar surface area (TPSA) is 69.7 Å². The highest BCUT2D eigenvalue weighted by Crippen LogP contribution is 2.42. The van der Waals surface area contributed by atoms with E-state index in [0.29, 0.717) is 6.26 Å². The smallest absolute Gasteiger partial charge is 0.252 e. The molecule has 1 rings (SSSR count). The van der Waals surface area contributed by atoms with E-state index in [1.165, 1.54) is 24.3 Å². The zero-order chi connectivity index (χ0) is 14.7. The first-order valence-corrected chi connectivity index (χ1v) is 7.80. The Morgan fingerprint density at radius 2 is 1.74 bits per heavy atom. The summed E-state index contributed by atoms with van der Waals surface area (Å²) in [7, 11) is -7.88. The van der Waals surface area contributed by atoms with Gasteiger partial charge >= 0.3 is 20.0 Å². The number of para-hydroxylation sites is 1. The maximum atomic E-state index is 12.6. The minimum absolute atomic E-state index is 0.0880. The predicted octanol–water partition coefficient (Wildman–Crippen LogP) is 2.67. The lowest BCUT2D eigenvalue weighted by atomic mass is 10.3. The van der Waals surface area contributed by atoms with E-state index in [-0.39, 0.29) is 5.75 Å². The van der Waals surface area contributed by atoms with Gasteiger partial charge in [-0.2, -0.15) is 21.6 Å². The van der Waals surface area contributed by atoms with Gasteiger partial charge in [0.1, 0.15) is 0 Å². The van der Waals surface area contributed by atoms with Crippen molar-refractivity contribution in [2.45, 2.75) is 12.0 Å². The first kappa shape index (κ1) is 15.9. The van der Waals surface area contributed by atoms with Gasteiger partial charge in [0.15, 0.2) is 5.75 Å². The lowest BCUT2D eigenvalue weighted by Crippen LogP contribution is -2.31. The largest absolute Gasteiger partial charge is 0.600 e. The van der Waals surface area contributed by atoms with Crippen molar-refractivity contribution >= 4 is 18.1 Å². The fourth-order valence-corrected chi connectivity index (χ4v) is 2.86. The molecule has 0 amide bonds. The van der Waals surface area contributed by atoms with Crippen LogP contribution in [0.1, 0.15) is 0 Å². The third kappa shape index (κ3) is 5.54. The van der Waals surface area contributed by atoms with Crippen LogP contribution in [-0.4, -0.2) is 26.7 Å². The van der Waals surface area contributed by atoms with Gasteiger partial charge in [-0.3, -0.25) is 4.52 Å². The van der Waals surface area contributed by atoms with Gasteiger partial charge in [-0.05, 0) is 16.7 Å². The molecule has 0 saturated carbocycles. The van der Waals surface area contributed by atoms with Crippen molar-refractivity contribution in [3.05, 3.63) is 30.3 Å². The van der Waals surface area contributed by atoms with Gasteiger partial charge in [-0.1, -0.05) is 18.2 Å². The SMILES string of the molecule is CS(=O)(=O)OC([P+](=O)Oc1ccccc1)C(F)(F)F. The van der Waals surface area contributed by atoms with E-state index in [9.17, 15) is 26.2 Å². The molecule has 0 bridgehead atoms. The van der Waals surface area contributed by atoms with Gasteiger partial charge in [0, 0.05) is 0 Å². The summed E-state index contributed by atoms with van der Waals surface area (Å²) in [6.07, 6.45) is -4.71. The Labute approximate surface area is 108 Å². The Balaban J connectivity index is 2.90. The molecule has 0 aliphatic rings. The molecular weight excluding hydrogens is 308 g/mol. The number of hydrogen-bond donors (Lipinski definition) is 0. The van der Waals surface area contributed by atoms with Crippen LogP contribution in [0.3, 0.4) is 0 Å². The fourth-order valence-electron chi connectivity index (χ4n) is 1.01. The zero-order valence-electron chi connectivity index (χ0n) is 9.49. The summed E-state index contributed by atoms with van der Waals surface area (Å²) >= 11 is 0. The number of benzene rings is 1. The Bertz CT molecular complexity index is 543. The van der Waals surface area contributed by atoms with E-state index >= 15 is 0 Å². The van der Waals surface area contributed by atoms with Crippen molar-refractivity contribution in [3.8, 4) is 5.75 Å². The maximum absolute atomic E-state index is 12.6. The standard InChI is InChI=1S/C9H9F3O5PS/c1-19(14,15)17-8(9(10,11)12)18(13)16-7-5-3-2-4-6-7/h2-6,8H,1H3/q+1. The van der Waals surface area contributed by atoms with Gasteiger partial charge < -0.3 is 0 Å². The van der Waals surface area contributed by atoms with Crippen LogP contribution in [0.2, 0.25) is 0 Å². The lowest BCUT2D eigenvalue weighted by Gasteiger charge is -2.09. The van der Waals surface area contributed by atoms with Gasteiger partial charge in [-0.25, -0.2) is 4.18 Å². The summed E-state index contributed by atoms with van der Waals surface area (Å²) in [6.45, 7) is 0. The number of alkyl halides is 3. The third-order valence-electron chi connectivity index (χ3n) is 1.68. The molecule has 1 aromatic carbocycles. The van der Waals surface area contributed by atoms with Gasteiger partial charge in [-0.15, -0.1) is 0 Å². The summed E-state index contributed by atoms with van der Waals surface area (Å²) in [5.74, 6) is -3.13. The summed E-state index contributed by atoms with van der Waals surface area (Å²) < 4.78 is 78.9. The molecule has 106 valence electrons. The van der Waals surface area contributed by atoms with Crippen LogP contribution in [0.25, 0.3) is 0 Å². The molecule has 5 nitrogen and oxygen atoms in total. The van der Waals surface area contributed by atoms with Crippen molar-refractivity contribution in [1.82, 2.24) is 0 Å². The Morgan fingerprint density at radius 1 is 1.21 bits per heavy atom. The molecule has 0 fully saturated rings. The second-order valence-electron chi connectivity index (χ2n) is 3.38. The molecule has 1 aromatic rings. The second-order valence-corrected chi connectivity index (χ2v) is 6.21. The number of halogens is 3. The highest BCUT2D eigenvalue weighted by molar-refractivity contribution is 7.86. The number of hydrogen-bond acceptors (Lipinski definition) is 5. The average Bonchev–Trinajstić information content (AvgIpc) is 2.24. The maximum Gasteiger partial charge on any atom is 0.600 e. The molecule has 2 unspecified atom stereocenters. The molecule has 0 spiro atoms. The molecule has 0 aliphatic carbocycles. The molecule has 10 heteroatoms. The van der Waals surface area contributed by atoms with Gasteiger partial charge in [0.25, 0.3) is 10.1 Å². The van der Waals surface area contributed by atoms with Crippen LogP contribution in [-0.2, 0) is 18.9 Å². The van der Waals surface area contributed by atoms with Crippen molar-refractivity contribution in [2.24, 2.45) is 0 Å². The van der Waals surface area contributed by atoms with Crippen LogP contribution in [0.15, 0.2) is 30.3 Å². The zero-order valence-corrected chi connectivity index (χ0v) is 11.2. The van der Waals surface area contributed by atoms with E-state index in [1.54, 1.807) is 6.07 Å². The van der Waals surface area contributed by atoms with Crippen molar-refractivity contribution in [3.63, 3.8) is 0 Å². The summed E-state index contributed by atoms with van der Waals surface area (Å²) in [5.41, 5.74) is 0. The molecule has 19 heavy (non-hydrogen) atoms. The van der Waals surface area contributed by atoms with E-state index in [4.69, 9.17) is 0 Å². The Morgan fingerprint density at radius 3 is 2.16 bits per heavy atom. The minimum atomic E-state index is -5.13. The van der Waals surface area contributed by atoms with E-state index in [1.807, 2.05) is 0 Å². The van der Waals surface area contributed by atoms with Gasteiger partial charge in [0.05, 0.1) is 6.26 Å². The highest BCUT2D eigenvalue weighted by Gasteiger charge is 2.59. The summed E-state index contributed by atoms with van der Waals surface area (Å²) in [6, 6.07) is 7.05. The molecular formula is C9H9F3O5PS+. The molecule has 0 aliphatic heterocycles. The van der Waals surface area contributed by atoms with Crippen LogP contribution >= 0.6 is 8.03 Å². The molecule has 0 aromatic heterocycles. The van der Waals surface area contributed by atoms with Crippen LogP contribution in [0.4, 0.5) is 13.2 Å². The summed E-state index contributed by atoms with van der Waals surface area (Å²) in [4.78, 5) is 0. The van der Waals surface area contributed by atoms with Crippen LogP contribution < -0.4 is 4.52 Å². The monoisotopic (exact) mass is 317 g/mol. The normalized spacial score (nSPS) is 14.8. The first-order chi connectivity index (χ1) is 8.59. The van der Waals surface area contributed by atoms with Crippen LogP contribution in [0.5, 0.6) is 5.75 Å². The fraction of sp³-hybridized carbons (Fsp3) is 0.333.